The number of nitrogens with two attached hydrogens (primary N) is 1. The first-order valence-corrected chi connectivity index (χ1v) is 5.46. The van der Waals surface area contributed by atoms with E-state index >= 15 is 0 Å². The highest BCUT2D eigenvalue weighted by Crippen LogP contribution is 2.11. The van der Waals surface area contributed by atoms with E-state index in [1.807, 2.05) is 22.8 Å². The average Bonchev–Trinajstić information content (AvgIpc) is 2.76. The third kappa shape index (κ3) is 2.55. The second-order valence-corrected chi connectivity index (χ2v) is 3.92. The maximum Gasteiger partial charge on any atom is 0.223 e. The summed E-state index contributed by atoms with van der Waals surface area (Å²) in [5.41, 5.74) is 7.43. The summed E-state index contributed by atoms with van der Waals surface area (Å²) in [6.45, 7) is 0.506. The van der Waals surface area contributed by atoms with E-state index in [1.54, 1.807) is 18.6 Å². The van der Waals surface area contributed by atoms with E-state index in [2.05, 4.69) is 11.1 Å². The number of hydrogen-bond acceptors (Lipinski definition) is 3. The van der Waals surface area contributed by atoms with E-state index in [-0.39, 0.29) is 6.42 Å². The molecule has 0 unspecified atom stereocenters. The second kappa shape index (κ2) is 5.15. The van der Waals surface area contributed by atoms with Gasteiger partial charge in [0.1, 0.15) is 0 Å². The van der Waals surface area contributed by atoms with Gasteiger partial charge < -0.3 is 10.3 Å². The number of nitrogens with zero attached hydrogens (tertiary/aromatic N) is 3. The number of primary amides is 1. The molecule has 2 aromatic rings. The molecule has 1 amide bonds. The SMILES string of the molecule is N#Cc1ccccc1Cn1cncc1CC(N)=O. The average molecular weight is 240 g/mol. The standard InChI is InChI=1S/C13H12N4O/c14-6-10-3-1-2-4-11(10)8-17-9-16-7-12(17)5-13(15)18/h1-4,7,9H,5,8H2,(H2,15,18). The lowest BCUT2D eigenvalue weighted by Crippen LogP contribution is -2.16. The van der Waals surface area contributed by atoms with Gasteiger partial charge in [0.15, 0.2) is 0 Å². The Morgan fingerprint density at radius 3 is 2.94 bits per heavy atom. The molecule has 0 atom stereocenters. The normalized spacial score (nSPS) is 9.94. The zero-order valence-corrected chi connectivity index (χ0v) is 9.71. The highest BCUT2D eigenvalue weighted by Gasteiger charge is 2.08. The van der Waals surface area contributed by atoms with Crippen LogP contribution in [0.4, 0.5) is 0 Å². The zero-order chi connectivity index (χ0) is 13.0. The Morgan fingerprint density at radius 1 is 1.44 bits per heavy atom. The molecule has 0 aliphatic rings. The van der Waals surface area contributed by atoms with E-state index in [1.165, 1.54) is 0 Å². The fraction of sp³-hybridized carbons (Fsp3) is 0.154. The van der Waals surface area contributed by atoms with Crippen LogP contribution < -0.4 is 5.73 Å². The van der Waals surface area contributed by atoms with Crippen molar-refractivity contribution >= 4 is 5.91 Å². The summed E-state index contributed by atoms with van der Waals surface area (Å²) in [5, 5.41) is 9.01. The van der Waals surface area contributed by atoms with Gasteiger partial charge in [-0.3, -0.25) is 4.79 Å². The van der Waals surface area contributed by atoms with Gasteiger partial charge in [-0.2, -0.15) is 5.26 Å². The number of hydrogen-bond donors (Lipinski definition) is 1. The van der Waals surface area contributed by atoms with Crippen LogP contribution in [0.5, 0.6) is 0 Å². The van der Waals surface area contributed by atoms with Gasteiger partial charge in [-0.15, -0.1) is 0 Å². The third-order valence-electron chi connectivity index (χ3n) is 2.63. The Bertz CT molecular complexity index is 609. The topological polar surface area (TPSA) is 84.7 Å². The van der Waals surface area contributed by atoms with Crippen molar-refractivity contribution in [3.63, 3.8) is 0 Å². The van der Waals surface area contributed by atoms with Gasteiger partial charge in [-0.1, -0.05) is 18.2 Å². The fourth-order valence-corrected chi connectivity index (χ4v) is 1.77. The summed E-state index contributed by atoms with van der Waals surface area (Å²) in [7, 11) is 0. The van der Waals surface area contributed by atoms with E-state index in [4.69, 9.17) is 11.0 Å². The highest BCUT2D eigenvalue weighted by molar-refractivity contribution is 5.76. The summed E-state index contributed by atoms with van der Waals surface area (Å²) in [4.78, 5) is 14.9. The molecule has 0 saturated carbocycles. The van der Waals surface area contributed by atoms with Crippen molar-refractivity contribution in [2.45, 2.75) is 13.0 Å². The largest absolute Gasteiger partial charge is 0.369 e. The van der Waals surface area contributed by atoms with Crippen molar-refractivity contribution in [2.24, 2.45) is 5.73 Å². The molecule has 90 valence electrons. The van der Waals surface area contributed by atoms with Gasteiger partial charge in [0, 0.05) is 11.9 Å². The van der Waals surface area contributed by atoms with Crippen LogP contribution in [0.15, 0.2) is 36.8 Å². The van der Waals surface area contributed by atoms with Gasteiger partial charge in [-0.05, 0) is 11.6 Å². The third-order valence-corrected chi connectivity index (χ3v) is 2.63. The van der Waals surface area contributed by atoms with E-state index < -0.39 is 5.91 Å². The zero-order valence-electron chi connectivity index (χ0n) is 9.71. The molecular weight excluding hydrogens is 228 g/mol. The molecule has 0 aliphatic carbocycles. The van der Waals surface area contributed by atoms with Crippen LogP contribution in [0.3, 0.4) is 0 Å². The Labute approximate surface area is 104 Å². The van der Waals surface area contributed by atoms with Crippen LogP contribution in [-0.4, -0.2) is 15.5 Å². The van der Waals surface area contributed by atoms with Crippen LogP contribution in [0, 0.1) is 11.3 Å². The lowest BCUT2D eigenvalue weighted by molar-refractivity contribution is -0.117. The molecule has 1 aromatic heterocycles. The number of carbonyl (C=O) groups is 1. The monoisotopic (exact) mass is 240 g/mol. The molecule has 1 aromatic carbocycles. The minimum atomic E-state index is -0.398. The van der Waals surface area contributed by atoms with Crippen LogP contribution in [0.1, 0.15) is 16.8 Å². The maximum absolute atomic E-state index is 10.9. The van der Waals surface area contributed by atoms with Crippen LogP contribution >= 0.6 is 0 Å². The maximum atomic E-state index is 10.9. The van der Waals surface area contributed by atoms with Gasteiger partial charge >= 0.3 is 0 Å². The molecule has 0 bridgehead atoms. The summed E-state index contributed by atoms with van der Waals surface area (Å²) in [6.07, 6.45) is 3.39. The Kier molecular flexibility index (Phi) is 3.39. The van der Waals surface area contributed by atoms with Gasteiger partial charge in [0.2, 0.25) is 5.91 Å². The molecule has 5 heteroatoms. The van der Waals surface area contributed by atoms with Crippen molar-refractivity contribution in [1.82, 2.24) is 9.55 Å². The number of nitriles is 1. The van der Waals surface area contributed by atoms with E-state index in [0.717, 1.165) is 11.3 Å². The first-order chi connectivity index (χ1) is 8.70. The van der Waals surface area contributed by atoms with Crippen molar-refractivity contribution in [1.29, 1.82) is 5.26 Å². The summed E-state index contributed by atoms with van der Waals surface area (Å²) < 4.78 is 1.82. The lowest BCUT2D eigenvalue weighted by atomic mass is 10.1. The number of benzene rings is 1. The molecule has 18 heavy (non-hydrogen) atoms. The predicted molar refractivity (Wildman–Crippen MR) is 65.4 cm³/mol. The van der Waals surface area contributed by atoms with Crippen molar-refractivity contribution in [3.8, 4) is 6.07 Å². The quantitative estimate of drug-likeness (QED) is 0.859. The van der Waals surface area contributed by atoms with Gasteiger partial charge in [0.25, 0.3) is 0 Å². The lowest BCUT2D eigenvalue weighted by Gasteiger charge is -2.08. The molecule has 5 nitrogen and oxygen atoms in total. The minimum Gasteiger partial charge on any atom is -0.369 e. The van der Waals surface area contributed by atoms with E-state index in [0.29, 0.717) is 12.1 Å². The van der Waals surface area contributed by atoms with Crippen molar-refractivity contribution in [3.05, 3.63) is 53.6 Å². The highest BCUT2D eigenvalue weighted by atomic mass is 16.1. The predicted octanol–water partition coefficient (Wildman–Crippen LogP) is 0.831. The first-order valence-electron chi connectivity index (χ1n) is 5.46. The van der Waals surface area contributed by atoms with Crippen molar-refractivity contribution < 1.29 is 4.79 Å². The van der Waals surface area contributed by atoms with Crippen LogP contribution in [0.2, 0.25) is 0 Å². The number of aromatic nitrogens is 2. The molecule has 0 aliphatic heterocycles. The summed E-state index contributed by atoms with van der Waals surface area (Å²) >= 11 is 0. The Balaban J connectivity index is 2.27. The van der Waals surface area contributed by atoms with Gasteiger partial charge in [0.05, 0.1) is 30.9 Å². The number of imidazole rings is 1. The molecule has 0 spiro atoms. The Morgan fingerprint density at radius 2 is 2.22 bits per heavy atom. The van der Waals surface area contributed by atoms with Crippen LogP contribution in [-0.2, 0) is 17.8 Å². The molecule has 2 rings (SSSR count). The second-order valence-electron chi connectivity index (χ2n) is 3.92. The first kappa shape index (κ1) is 11.9. The van der Waals surface area contributed by atoms with Gasteiger partial charge in [-0.25, -0.2) is 4.98 Å². The molecule has 0 saturated heterocycles. The van der Waals surface area contributed by atoms with E-state index in [9.17, 15) is 4.79 Å². The number of rotatable bonds is 4. The molecule has 1 heterocycles. The van der Waals surface area contributed by atoms with Crippen molar-refractivity contribution in [2.75, 3.05) is 0 Å². The summed E-state index contributed by atoms with van der Waals surface area (Å²) in [6, 6.07) is 9.48. The minimum absolute atomic E-state index is 0.148. The molecule has 0 radical (unpaired) electrons. The smallest absolute Gasteiger partial charge is 0.223 e. The number of amides is 1. The fourth-order valence-electron chi connectivity index (χ4n) is 1.77. The summed E-state index contributed by atoms with van der Waals surface area (Å²) in [5.74, 6) is -0.398. The number of carbonyl (C=O) groups excluding carboxylic acids is 1. The Hall–Kier alpha value is -2.61. The molecular formula is C13H12N4O. The molecule has 2 N–H and O–H groups in total. The van der Waals surface area contributed by atoms with Crippen LogP contribution in [0.25, 0.3) is 0 Å². The molecule has 0 fully saturated rings.